The molecule has 1 amide bonds. The first-order valence-corrected chi connectivity index (χ1v) is 10.3. The summed E-state index contributed by atoms with van der Waals surface area (Å²) in [6.45, 7) is 2.38. The highest BCUT2D eigenvalue weighted by Gasteiger charge is 2.30. The molecule has 3 rings (SSSR count). The molecule has 1 saturated heterocycles. The molecule has 0 unspecified atom stereocenters. The third-order valence-corrected chi connectivity index (χ3v) is 6.16. The molecular formula is C18H14ClNO4S3. The number of hydrogen-bond acceptors (Lipinski definition) is 7. The number of thiophene rings is 1. The van der Waals surface area contributed by atoms with Gasteiger partial charge in [0.25, 0.3) is 5.91 Å². The summed E-state index contributed by atoms with van der Waals surface area (Å²) in [4.78, 5) is 27.0. The molecule has 27 heavy (non-hydrogen) atoms. The minimum atomic E-state index is -0.512. The fourth-order valence-electron chi connectivity index (χ4n) is 2.38. The first kappa shape index (κ1) is 19.9. The number of carbonyl (C=O) groups excluding carboxylic acids is 2. The van der Waals surface area contributed by atoms with Crippen LogP contribution in [0.5, 0.6) is 11.5 Å². The smallest absolute Gasteiger partial charge is 0.353 e. The third kappa shape index (κ3) is 4.19. The van der Waals surface area contributed by atoms with Crippen molar-refractivity contribution in [2.45, 2.75) is 6.92 Å². The van der Waals surface area contributed by atoms with Gasteiger partial charge in [0.1, 0.15) is 9.20 Å². The Balaban J connectivity index is 1.91. The number of thiocarbonyl (C=S) groups is 1. The third-order valence-electron chi connectivity index (χ3n) is 3.66. The van der Waals surface area contributed by atoms with Crippen LogP contribution in [0.15, 0.2) is 34.6 Å². The Morgan fingerprint density at radius 1 is 1.41 bits per heavy atom. The number of amides is 1. The molecule has 2 heterocycles. The van der Waals surface area contributed by atoms with Crippen molar-refractivity contribution in [2.75, 3.05) is 13.7 Å². The number of methoxy groups -OCH3 is 1. The highest BCUT2D eigenvalue weighted by atomic mass is 35.5. The van der Waals surface area contributed by atoms with Gasteiger partial charge in [0.2, 0.25) is 0 Å². The van der Waals surface area contributed by atoms with E-state index in [1.807, 2.05) is 6.92 Å². The molecule has 140 valence electrons. The number of ether oxygens (including phenoxy) is 2. The maximum Gasteiger partial charge on any atom is 0.353 e. The molecule has 9 heteroatoms. The monoisotopic (exact) mass is 439 g/mol. The van der Waals surface area contributed by atoms with Gasteiger partial charge in [-0.05, 0) is 42.1 Å². The zero-order chi connectivity index (χ0) is 19.6. The lowest BCUT2D eigenvalue weighted by Gasteiger charge is -2.12. The molecule has 0 N–H and O–H groups in total. The Hall–Kier alpha value is -1.87. The second-order valence-corrected chi connectivity index (χ2v) is 8.36. The second kappa shape index (κ2) is 8.43. The topological polar surface area (TPSA) is 55.8 Å². The van der Waals surface area contributed by atoms with E-state index < -0.39 is 5.97 Å². The van der Waals surface area contributed by atoms with E-state index in [2.05, 4.69) is 0 Å². The van der Waals surface area contributed by atoms with Crippen LogP contribution < -0.4 is 9.47 Å². The summed E-state index contributed by atoms with van der Waals surface area (Å²) in [7, 11) is 1.45. The van der Waals surface area contributed by atoms with Crippen LogP contribution in [0.4, 0.5) is 0 Å². The van der Waals surface area contributed by atoms with Crippen molar-refractivity contribution in [3.8, 4) is 11.5 Å². The molecule has 0 aliphatic carbocycles. The van der Waals surface area contributed by atoms with Gasteiger partial charge in [-0.3, -0.25) is 9.69 Å². The van der Waals surface area contributed by atoms with Crippen molar-refractivity contribution in [2.24, 2.45) is 0 Å². The summed E-state index contributed by atoms with van der Waals surface area (Å²) in [6, 6.07) is 6.69. The van der Waals surface area contributed by atoms with Crippen molar-refractivity contribution < 1.29 is 19.1 Å². The van der Waals surface area contributed by atoms with Crippen LogP contribution in [0, 0.1) is 0 Å². The van der Waals surface area contributed by atoms with E-state index in [4.69, 9.17) is 33.3 Å². The largest absolute Gasteiger partial charge is 0.493 e. The maximum absolute atomic E-state index is 12.4. The van der Waals surface area contributed by atoms with E-state index in [-0.39, 0.29) is 16.7 Å². The normalized spacial score (nSPS) is 15.5. The van der Waals surface area contributed by atoms with Crippen LogP contribution in [0.25, 0.3) is 6.08 Å². The summed E-state index contributed by atoms with van der Waals surface area (Å²) in [5.74, 6) is -0.224. The molecule has 1 aliphatic heterocycles. The zero-order valence-corrected chi connectivity index (χ0v) is 17.6. The van der Waals surface area contributed by atoms with E-state index in [9.17, 15) is 9.59 Å². The number of esters is 1. The lowest BCUT2D eigenvalue weighted by Crippen LogP contribution is -2.27. The van der Waals surface area contributed by atoms with Gasteiger partial charge in [-0.25, -0.2) is 4.79 Å². The predicted molar refractivity (Wildman–Crippen MR) is 113 cm³/mol. The highest BCUT2D eigenvalue weighted by Crippen LogP contribution is 2.39. The van der Waals surface area contributed by atoms with Gasteiger partial charge in [0, 0.05) is 6.54 Å². The fraction of sp³-hybridized carbons (Fsp3) is 0.167. The molecule has 0 atom stereocenters. The zero-order valence-electron chi connectivity index (χ0n) is 14.4. The Morgan fingerprint density at radius 3 is 2.78 bits per heavy atom. The summed E-state index contributed by atoms with van der Waals surface area (Å²) in [5, 5.41) is 1.99. The van der Waals surface area contributed by atoms with Crippen LogP contribution in [0.2, 0.25) is 5.02 Å². The van der Waals surface area contributed by atoms with Crippen LogP contribution in [-0.4, -0.2) is 34.8 Å². The number of hydrogen-bond donors (Lipinski definition) is 0. The number of rotatable bonds is 5. The van der Waals surface area contributed by atoms with Gasteiger partial charge in [-0.2, -0.15) is 0 Å². The standard InChI is InChI=1S/C18H14ClNO4S3/c1-3-20-16(21)14(27-18(20)25)9-10-7-11(19)15(12(8-10)23-2)24-17(22)13-5-4-6-26-13/h4-9H,3H2,1-2H3/b14-9-. The number of benzene rings is 1. The molecule has 2 aromatic rings. The quantitative estimate of drug-likeness (QED) is 0.287. The van der Waals surface area contributed by atoms with Crippen molar-refractivity contribution in [1.29, 1.82) is 0 Å². The number of carbonyl (C=O) groups is 2. The van der Waals surface area contributed by atoms with Crippen LogP contribution in [-0.2, 0) is 4.79 Å². The van der Waals surface area contributed by atoms with E-state index >= 15 is 0 Å². The fourth-order valence-corrected chi connectivity index (χ4v) is 4.62. The number of nitrogens with zero attached hydrogens (tertiary/aromatic N) is 1. The van der Waals surface area contributed by atoms with Gasteiger partial charge in [-0.1, -0.05) is 41.6 Å². The lowest BCUT2D eigenvalue weighted by molar-refractivity contribution is -0.121. The number of likely N-dealkylation sites (N-methyl/N-ethyl adjacent to an activating group) is 1. The maximum atomic E-state index is 12.4. The molecule has 0 spiro atoms. The Kier molecular flexibility index (Phi) is 6.21. The summed E-state index contributed by atoms with van der Waals surface area (Å²) in [5.41, 5.74) is 0.643. The first-order valence-electron chi connectivity index (χ1n) is 7.83. The molecule has 0 saturated carbocycles. The van der Waals surface area contributed by atoms with Crippen LogP contribution >= 0.6 is 46.9 Å². The summed E-state index contributed by atoms with van der Waals surface area (Å²) in [6.07, 6.45) is 1.69. The van der Waals surface area contributed by atoms with E-state index in [1.165, 1.54) is 35.1 Å². The second-order valence-electron chi connectivity index (χ2n) is 5.33. The predicted octanol–water partition coefficient (Wildman–Crippen LogP) is 4.85. The molecule has 5 nitrogen and oxygen atoms in total. The van der Waals surface area contributed by atoms with Gasteiger partial charge < -0.3 is 9.47 Å². The number of halogens is 1. The Bertz CT molecular complexity index is 940. The van der Waals surface area contributed by atoms with Gasteiger partial charge in [0.05, 0.1) is 17.0 Å². The average molecular weight is 440 g/mol. The van der Waals surface area contributed by atoms with Crippen LogP contribution in [0.1, 0.15) is 22.2 Å². The van der Waals surface area contributed by atoms with Gasteiger partial charge in [-0.15, -0.1) is 11.3 Å². The van der Waals surface area contributed by atoms with Crippen molar-refractivity contribution in [3.63, 3.8) is 0 Å². The van der Waals surface area contributed by atoms with E-state index in [0.29, 0.717) is 32.0 Å². The first-order chi connectivity index (χ1) is 12.9. The van der Waals surface area contributed by atoms with Crippen molar-refractivity contribution in [3.05, 3.63) is 50.0 Å². The Morgan fingerprint density at radius 2 is 2.19 bits per heavy atom. The van der Waals surface area contributed by atoms with Gasteiger partial charge >= 0.3 is 5.97 Å². The molecule has 1 fully saturated rings. The molecule has 1 aromatic carbocycles. The minimum absolute atomic E-state index is 0.135. The summed E-state index contributed by atoms with van der Waals surface area (Å²) >= 11 is 14.0. The van der Waals surface area contributed by atoms with E-state index in [1.54, 1.807) is 35.7 Å². The molecule has 1 aliphatic rings. The summed E-state index contributed by atoms with van der Waals surface area (Å²) < 4.78 is 11.2. The van der Waals surface area contributed by atoms with Crippen LogP contribution in [0.3, 0.4) is 0 Å². The average Bonchev–Trinajstić information content (AvgIpc) is 3.26. The van der Waals surface area contributed by atoms with Crippen molar-refractivity contribution >= 4 is 69.2 Å². The molecular weight excluding hydrogens is 426 g/mol. The molecule has 0 radical (unpaired) electrons. The minimum Gasteiger partial charge on any atom is -0.493 e. The number of thioether (sulfide) groups is 1. The van der Waals surface area contributed by atoms with Crippen molar-refractivity contribution in [1.82, 2.24) is 4.90 Å². The molecule has 1 aromatic heterocycles. The van der Waals surface area contributed by atoms with Gasteiger partial charge in [0.15, 0.2) is 11.5 Å². The Labute approximate surface area is 174 Å². The SMILES string of the molecule is CCN1C(=O)/C(=C/c2cc(Cl)c(OC(=O)c3cccs3)c(OC)c2)SC1=S. The lowest BCUT2D eigenvalue weighted by atomic mass is 10.1. The molecule has 0 bridgehead atoms. The van der Waals surface area contributed by atoms with E-state index in [0.717, 1.165) is 0 Å². The highest BCUT2D eigenvalue weighted by molar-refractivity contribution is 8.26.